The number of aliphatic hydroxyl groups excluding tert-OH is 2. The molecule has 2 N–H and O–H groups in total. The molecule has 5 fully saturated rings. The van der Waals surface area contributed by atoms with Gasteiger partial charge in [-0.15, -0.1) is 12.8 Å². The van der Waals surface area contributed by atoms with Gasteiger partial charge in [-0.05, 0) is 112 Å². The number of likely N-dealkylation sites (tertiary alicyclic amines) is 1. The van der Waals surface area contributed by atoms with Crippen LogP contribution in [-0.2, 0) is 0 Å². The Labute approximate surface area is 172 Å². The molecule has 0 aromatic carbocycles. The molecule has 1 heterocycles. The van der Waals surface area contributed by atoms with Crippen LogP contribution in [0.5, 0.6) is 0 Å². The van der Waals surface area contributed by atoms with Crippen LogP contribution < -0.4 is 0 Å². The molecular formula is C25H41NO2. The first-order valence-electron chi connectivity index (χ1n) is 11.9. The maximum absolute atomic E-state index is 11.4. The van der Waals surface area contributed by atoms with Crippen LogP contribution in [-0.4, -0.2) is 46.5 Å². The third-order valence-electron chi connectivity index (χ3n) is 10.2. The summed E-state index contributed by atoms with van der Waals surface area (Å²) >= 11 is 0. The van der Waals surface area contributed by atoms with E-state index in [-0.39, 0.29) is 17.6 Å². The lowest BCUT2D eigenvalue weighted by atomic mass is 9.45. The Bertz CT molecular complexity index is 584. The summed E-state index contributed by atoms with van der Waals surface area (Å²) in [4.78, 5) is 2.61. The lowest BCUT2D eigenvalue weighted by molar-refractivity contribution is -0.138. The topological polar surface area (TPSA) is 43.7 Å². The molecule has 4 saturated carbocycles. The van der Waals surface area contributed by atoms with Gasteiger partial charge in [0.2, 0.25) is 0 Å². The fourth-order valence-corrected chi connectivity index (χ4v) is 8.74. The highest BCUT2D eigenvalue weighted by molar-refractivity contribution is 5.13. The molecule has 8 unspecified atom stereocenters. The van der Waals surface area contributed by atoms with Gasteiger partial charge in [-0.25, -0.2) is 0 Å². The maximum Gasteiger partial charge on any atom is 0.0751 e. The lowest BCUT2D eigenvalue weighted by Crippen LogP contribution is -2.55. The van der Waals surface area contributed by atoms with Gasteiger partial charge >= 0.3 is 0 Å². The first-order chi connectivity index (χ1) is 13.4. The highest BCUT2D eigenvalue weighted by Crippen LogP contribution is 2.66. The molecule has 3 heteroatoms. The van der Waals surface area contributed by atoms with E-state index in [2.05, 4.69) is 31.6 Å². The molecule has 3 nitrogen and oxygen atoms in total. The van der Waals surface area contributed by atoms with E-state index in [0.717, 1.165) is 30.6 Å². The molecule has 5 aliphatic rings. The average Bonchev–Trinajstić information content (AvgIpc) is 3.30. The molecule has 0 aromatic rings. The number of nitrogens with zero attached hydrogens (tertiary/aromatic N) is 1. The van der Waals surface area contributed by atoms with Gasteiger partial charge in [-0.2, -0.15) is 0 Å². The molecule has 0 aromatic heterocycles. The van der Waals surface area contributed by atoms with E-state index >= 15 is 0 Å². The van der Waals surface area contributed by atoms with Gasteiger partial charge in [-0.1, -0.05) is 13.8 Å². The van der Waals surface area contributed by atoms with E-state index in [0.29, 0.717) is 17.4 Å². The van der Waals surface area contributed by atoms with Crippen molar-refractivity contribution in [3.05, 3.63) is 0 Å². The van der Waals surface area contributed by atoms with Crippen molar-refractivity contribution in [2.75, 3.05) is 13.1 Å². The number of aliphatic hydroxyl groups is 2. The summed E-state index contributed by atoms with van der Waals surface area (Å²) in [5.41, 5.74) is 0.476. The van der Waals surface area contributed by atoms with Gasteiger partial charge in [0, 0.05) is 6.04 Å². The molecule has 0 spiro atoms. The van der Waals surface area contributed by atoms with Crippen molar-refractivity contribution in [3.63, 3.8) is 0 Å². The second-order valence-electron chi connectivity index (χ2n) is 11.1. The standard InChI is InChI=1S/C23H39NO2.C2H2/c1-22-10-9-18-17(8-6-15-5-7-16(25)14-23(15,18)2)19(22)13-20(21(22)26)24-11-3-4-12-24;1-2/h15-21,25-26H,3-14H2,1-2H3;1-2H/t15?,16?,17?,18?,19?,20?,21-,22?,23?;/m0./s1. The molecule has 0 bridgehead atoms. The largest absolute Gasteiger partial charge is 0.393 e. The van der Waals surface area contributed by atoms with Crippen molar-refractivity contribution in [1.29, 1.82) is 0 Å². The van der Waals surface area contributed by atoms with Crippen LogP contribution in [0.2, 0.25) is 0 Å². The molecule has 28 heavy (non-hydrogen) atoms. The number of terminal acetylenes is 1. The molecule has 0 amide bonds. The zero-order valence-corrected chi connectivity index (χ0v) is 18.0. The predicted octanol–water partition coefficient (Wildman–Crippen LogP) is 4.07. The Morgan fingerprint density at radius 3 is 2.25 bits per heavy atom. The average molecular weight is 388 g/mol. The van der Waals surface area contributed by atoms with Crippen LogP contribution in [0.4, 0.5) is 0 Å². The molecule has 9 atom stereocenters. The summed E-state index contributed by atoms with van der Waals surface area (Å²) in [6.45, 7) is 7.33. The summed E-state index contributed by atoms with van der Waals surface area (Å²) in [5.74, 6) is 3.08. The van der Waals surface area contributed by atoms with Crippen LogP contribution in [0.15, 0.2) is 0 Å². The monoisotopic (exact) mass is 387 g/mol. The second-order valence-corrected chi connectivity index (χ2v) is 11.1. The highest BCUT2D eigenvalue weighted by Gasteiger charge is 2.62. The fraction of sp³-hybridized carbons (Fsp3) is 0.920. The van der Waals surface area contributed by atoms with Crippen molar-refractivity contribution >= 4 is 0 Å². The SMILES string of the molecule is C#C.CC12CC(O)CCC1CCC1C2CCC2(C)C1CC(N1CCCC1)[C@@H]2O. The fourth-order valence-electron chi connectivity index (χ4n) is 8.74. The van der Waals surface area contributed by atoms with E-state index in [9.17, 15) is 10.2 Å². The minimum Gasteiger partial charge on any atom is -0.393 e. The Kier molecular flexibility index (Phi) is 5.62. The number of rotatable bonds is 1. The number of hydrogen-bond acceptors (Lipinski definition) is 3. The maximum atomic E-state index is 11.4. The first kappa shape index (κ1) is 20.7. The van der Waals surface area contributed by atoms with Gasteiger partial charge in [0.25, 0.3) is 0 Å². The number of hydrogen-bond donors (Lipinski definition) is 2. The minimum absolute atomic E-state index is 0.0742. The van der Waals surface area contributed by atoms with Crippen molar-refractivity contribution in [2.24, 2.45) is 34.5 Å². The quantitative estimate of drug-likeness (QED) is 0.667. The summed E-state index contributed by atoms with van der Waals surface area (Å²) in [6, 6.07) is 0.411. The van der Waals surface area contributed by atoms with Crippen LogP contribution >= 0.6 is 0 Å². The third kappa shape index (κ3) is 2.98. The van der Waals surface area contributed by atoms with Gasteiger partial charge < -0.3 is 10.2 Å². The summed E-state index contributed by atoms with van der Waals surface area (Å²) < 4.78 is 0. The van der Waals surface area contributed by atoms with Crippen LogP contribution in [0.25, 0.3) is 0 Å². The van der Waals surface area contributed by atoms with Crippen LogP contribution in [0.3, 0.4) is 0 Å². The van der Waals surface area contributed by atoms with Crippen molar-refractivity contribution < 1.29 is 10.2 Å². The molecule has 1 saturated heterocycles. The Hall–Kier alpha value is -0.560. The molecule has 1 aliphatic heterocycles. The van der Waals surface area contributed by atoms with Crippen molar-refractivity contribution in [2.45, 2.75) is 96.3 Å². The van der Waals surface area contributed by atoms with E-state index in [1.54, 1.807) is 0 Å². The van der Waals surface area contributed by atoms with E-state index < -0.39 is 0 Å². The lowest BCUT2D eigenvalue weighted by Gasteiger charge is -2.60. The third-order valence-corrected chi connectivity index (χ3v) is 10.2. The Morgan fingerprint density at radius 2 is 1.54 bits per heavy atom. The zero-order chi connectivity index (χ0) is 20.1. The summed E-state index contributed by atoms with van der Waals surface area (Å²) in [7, 11) is 0. The normalized spacial score (nSPS) is 53.4. The molecule has 4 aliphatic carbocycles. The molecule has 5 rings (SSSR count). The van der Waals surface area contributed by atoms with E-state index in [4.69, 9.17) is 0 Å². The highest BCUT2D eigenvalue weighted by atomic mass is 16.3. The summed E-state index contributed by atoms with van der Waals surface area (Å²) in [6.07, 6.45) is 20.1. The van der Waals surface area contributed by atoms with Gasteiger partial charge in [0.1, 0.15) is 0 Å². The van der Waals surface area contributed by atoms with Gasteiger partial charge in [-0.3, -0.25) is 4.90 Å². The van der Waals surface area contributed by atoms with Gasteiger partial charge in [0.15, 0.2) is 0 Å². The second kappa shape index (κ2) is 7.60. The van der Waals surface area contributed by atoms with Gasteiger partial charge in [0.05, 0.1) is 12.2 Å². The molecular weight excluding hydrogens is 346 g/mol. The van der Waals surface area contributed by atoms with Crippen LogP contribution in [0.1, 0.15) is 78.1 Å². The zero-order valence-electron chi connectivity index (χ0n) is 18.0. The summed E-state index contributed by atoms with van der Waals surface area (Å²) in [5, 5.41) is 21.8. The van der Waals surface area contributed by atoms with Crippen LogP contribution in [0, 0.1) is 47.3 Å². The van der Waals surface area contributed by atoms with Crippen molar-refractivity contribution in [3.8, 4) is 12.8 Å². The smallest absolute Gasteiger partial charge is 0.0751 e. The number of fused-ring (bicyclic) bond motifs is 5. The van der Waals surface area contributed by atoms with E-state index in [1.807, 2.05) is 0 Å². The Balaban J connectivity index is 0.000000932. The minimum atomic E-state index is -0.131. The van der Waals surface area contributed by atoms with E-state index in [1.165, 1.54) is 64.5 Å². The Morgan fingerprint density at radius 1 is 0.857 bits per heavy atom. The van der Waals surface area contributed by atoms with Crippen molar-refractivity contribution in [1.82, 2.24) is 4.90 Å². The molecule has 158 valence electrons. The molecule has 0 radical (unpaired) electrons. The first-order valence-corrected chi connectivity index (χ1v) is 11.9. The predicted molar refractivity (Wildman–Crippen MR) is 114 cm³/mol.